The summed E-state index contributed by atoms with van der Waals surface area (Å²) in [7, 11) is 0. The van der Waals surface area contributed by atoms with E-state index in [1.165, 1.54) is 22.3 Å². The summed E-state index contributed by atoms with van der Waals surface area (Å²) in [5, 5.41) is 0. The minimum absolute atomic E-state index is 0.0726. The average molecular weight is 1230 g/mol. The van der Waals surface area contributed by atoms with Gasteiger partial charge in [0.05, 0.1) is 22.8 Å². The Kier molecular flexibility index (Phi) is 14.7. The molecule has 0 radical (unpaired) electrons. The molecule has 4 aliphatic rings. The summed E-state index contributed by atoms with van der Waals surface area (Å²) >= 11 is 0. The van der Waals surface area contributed by atoms with E-state index in [2.05, 4.69) is 325 Å². The predicted molar refractivity (Wildman–Crippen MR) is 396 cm³/mol. The van der Waals surface area contributed by atoms with Gasteiger partial charge in [-0.05, 0) is 188 Å². The van der Waals surface area contributed by atoms with Crippen molar-refractivity contribution in [3.8, 4) is 56.3 Å². The second kappa shape index (κ2) is 22.4. The van der Waals surface area contributed by atoms with Crippen LogP contribution in [0.1, 0.15) is 190 Å². The van der Waals surface area contributed by atoms with E-state index >= 15 is 0 Å². The SMILES string of the molecule is CC(C)(C)c1cc(-c2c3nc(c(-c4ccc(C#Cc5ccc(-c6c7nc(c(-c8cc(C(C)(C)C)cc(C(C)(C)C)c8)c8ccc(cc9nc(cc%10ccc6[nH]%10)CC9(C)C)[nH]8)C=C7)cc5)cc4)c4ccc(cc5nc(cc6ccc2[nH]6)C(C)(C)C5)[nH]4)C=C3)cc(C(C)(C)C)c1. The second-order valence-corrected chi connectivity index (χ2v) is 31.9. The lowest BCUT2D eigenvalue weighted by molar-refractivity contribution is 0.543. The van der Waals surface area contributed by atoms with Gasteiger partial charge in [0.25, 0.3) is 0 Å². The summed E-state index contributed by atoms with van der Waals surface area (Å²) < 4.78 is 0. The van der Waals surface area contributed by atoms with Crippen LogP contribution in [-0.4, -0.2) is 39.9 Å². The Balaban J connectivity index is 0.873. The Labute approximate surface area is 554 Å². The van der Waals surface area contributed by atoms with Gasteiger partial charge in [-0.1, -0.05) is 183 Å². The van der Waals surface area contributed by atoms with Gasteiger partial charge >= 0.3 is 0 Å². The molecular formula is C86H86N8. The summed E-state index contributed by atoms with van der Waals surface area (Å²) in [5.74, 6) is 7.04. The van der Waals surface area contributed by atoms with Crippen molar-refractivity contribution in [3.63, 3.8) is 0 Å². The highest BCUT2D eigenvalue weighted by Gasteiger charge is 2.31. The van der Waals surface area contributed by atoms with E-state index in [4.69, 9.17) is 19.9 Å². The number of rotatable bonds is 4. The molecule has 94 heavy (non-hydrogen) atoms. The highest BCUT2D eigenvalue weighted by atomic mass is 14.8. The van der Waals surface area contributed by atoms with Crippen molar-refractivity contribution >= 4 is 68.4 Å². The Morgan fingerprint density at radius 1 is 0.309 bits per heavy atom. The third-order valence-electron chi connectivity index (χ3n) is 19.2. The fourth-order valence-corrected chi connectivity index (χ4v) is 13.5. The fraction of sp³-hybridized carbons (Fsp3) is 0.279. The average Bonchev–Trinajstić information content (AvgIpc) is 1.52. The maximum atomic E-state index is 5.60. The number of aromatic amines is 4. The van der Waals surface area contributed by atoms with Crippen LogP contribution in [-0.2, 0) is 45.3 Å². The molecule has 0 atom stereocenters. The summed E-state index contributed by atoms with van der Waals surface area (Å²) in [5.41, 5.74) is 30.6. The van der Waals surface area contributed by atoms with Crippen molar-refractivity contribution in [2.45, 2.75) is 156 Å². The van der Waals surface area contributed by atoms with Gasteiger partial charge in [-0.3, -0.25) is 9.97 Å². The van der Waals surface area contributed by atoms with Crippen molar-refractivity contribution < 1.29 is 0 Å². The lowest BCUT2D eigenvalue weighted by Crippen LogP contribution is -2.16. The molecule has 6 aromatic heterocycles. The minimum atomic E-state index is -0.141. The van der Waals surface area contributed by atoms with Gasteiger partial charge in [-0.25, -0.2) is 9.97 Å². The molecule has 8 heteroatoms. The summed E-state index contributed by atoms with van der Waals surface area (Å²) in [6.07, 6.45) is 10.4. The lowest BCUT2D eigenvalue weighted by Gasteiger charge is -2.26. The largest absolute Gasteiger partial charge is 0.355 e. The number of fused-ring (bicyclic) bond motifs is 16. The Morgan fingerprint density at radius 3 is 0.872 bits per heavy atom. The first-order valence-corrected chi connectivity index (χ1v) is 33.3. The molecule has 14 rings (SSSR count). The third-order valence-corrected chi connectivity index (χ3v) is 19.2. The zero-order valence-corrected chi connectivity index (χ0v) is 57.5. The van der Waals surface area contributed by atoms with Gasteiger partial charge in [-0.15, -0.1) is 0 Å². The zero-order chi connectivity index (χ0) is 66.0. The van der Waals surface area contributed by atoms with Crippen molar-refractivity contribution in [1.29, 1.82) is 0 Å². The number of benzene rings is 4. The van der Waals surface area contributed by atoms with Crippen LogP contribution in [0.25, 0.3) is 113 Å². The van der Waals surface area contributed by atoms with Crippen LogP contribution in [0.5, 0.6) is 0 Å². The van der Waals surface area contributed by atoms with Gasteiger partial charge in [0.2, 0.25) is 0 Å². The molecule has 0 spiro atoms. The van der Waals surface area contributed by atoms with Crippen LogP contribution in [0.4, 0.5) is 0 Å². The highest BCUT2D eigenvalue weighted by Crippen LogP contribution is 2.43. The van der Waals surface area contributed by atoms with Crippen molar-refractivity contribution in [1.82, 2.24) is 39.9 Å². The molecular weight excluding hydrogens is 1150 g/mol. The summed E-state index contributed by atoms with van der Waals surface area (Å²) in [6.45, 7) is 36.7. The molecule has 0 saturated carbocycles. The first-order valence-electron chi connectivity index (χ1n) is 33.3. The normalized spacial score (nSPS) is 14.5. The molecule has 16 bridgehead atoms. The third kappa shape index (κ3) is 12.1. The topological polar surface area (TPSA) is 115 Å². The maximum Gasteiger partial charge on any atom is 0.0737 e. The van der Waals surface area contributed by atoms with E-state index in [1.807, 2.05) is 0 Å². The van der Waals surface area contributed by atoms with Gasteiger partial charge in [0.15, 0.2) is 0 Å². The molecule has 0 aliphatic carbocycles. The molecule has 4 aromatic carbocycles. The molecule has 0 saturated heterocycles. The molecule has 10 aromatic rings. The van der Waals surface area contributed by atoms with Gasteiger partial charge in [-0.2, -0.15) is 0 Å². The monoisotopic (exact) mass is 1230 g/mol. The summed E-state index contributed by atoms with van der Waals surface area (Å²) in [4.78, 5) is 37.0. The number of hydrogen-bond acceptors (Lipinski definition) is 4. The van der Waals surface area contributed by atoms with Crippen LogP contribution in [0.15, 0.2) is 158 Å². The molecule has 0 amide bonds. The number of nitrogens with zero attached hydrogens (tertiary/aromatic N) is 4. The van der Waals surface area contributed by atoms with Gasteiger partial charge < -0.3 is 19.9 Å². The van der Waals surface area contributed by atoms with E-state index in [-0.39, 0.29) is 32.5 Å². The van der Waals surface area contributed by atoms with E-state index in [0.29, 0.717) is 0 Å². The minimum Gasteiger partial charge on any atom is -0.355 e. The molecule has 10 heterocycles. The molecule has 8 nitrogen and oxygen atoms in total. The first-order chi connectivity index (χ1) is 44.4. The lowest BCUT2D eigenvalue weighted by atomic mass is 9.78. The predicted octanol–water partition coefficient (Wildman–Crippen LogP) is 21.6. The Hall–Kier alpha value is -9.84. The molecule has 4 N–H and O–H groups in total. The van der Waals surface area contributed by atoms with Crippen LogP contribution in [0.3, 0.4) is 0 Å². The molecule has 0 unspecified atom stereocenters. The standard InChI is InChI=1S/C86H86N8/c1-81(2,3)57-39-55(40-58(43-57)82(4,5)6)79-69-33-29-63(89-69)47-75-85(13,14)49-65(91-75)45-61-27-31-67(87-61)77(71-35-37-73(79)93-71)53-23-19-51(20-24-53)17-18-52-21-25-54(26-22-52)78-68-32-28-62(88-68)46-66-50-86(15,16)76(92-66)48-64-30-34-70(90-64)80(74-38-36-72(78)94-74)56-41-59(83(7,8)9)44-60(42-56)84(10,11)12/h19-48,87-90H,49-50H2,1-16H3. The van der Waals surface area contributed by atoms with Gasteiger partial charge in [0, 0.05) is 124 Å². The highest BCUT2D eigenvalue weighted by molar-refractivity contribution is 5.98. The van der Waals surface area contributed by atoms with Crippen LogP contribution in [0.2, 0.25) is 0 Å². The molecule has 470 valence electrons. The van der Waals surface area contributed by atoms with Crippen LogP contribution in [0, 0.1) is 11.8 Å². The Bertz CT molecular complexity index is 4830. The molecule has 0 fully saturated rings. The van der Waals surface area contributed by atoms with Crippen LogP contribution >= 0.6 is 0 Å². The molecule has 4 aliphatic heterocycles. The summed E-state index contributed by atoms with van der Waals surface area (Å²) in [6, 6.07) is 57.7. The smallest absolute Gasteiger partial charge is 0.0737 e. The first kappa shape index (κ1) is 61.7. The quantitative estimate of drug-likeness (QED) is 0.131. The van der Waals surface area contributed by atoms with E-state index < -0.39 is 0 Å². The second-order valence-electron chi connectivity index (χ2n) is 31.9. The van der Waals surface area contributed by atoms with E-state index in [9.17, 15) is 0 Å². The van der Waals surface area contributed by atoms with Crippen LogP contribution < -0.4 is 0 Å². The van der Waals surface area contributed by atoms with Crippen molar-refractivity contribution in [2.24, 2.45) is 0 Å². The maximum absolute atomic E-state index is 5.60. The number of aromatic nitrogens is 8. The van der Waals surface area contributed by atoms with E-state index in [0.717, 1.165) is 158 Å². The van der Waals surface area contributed by atoms with Crippen molar-refractivity contribution in [2.75, 3.05) is 0 Å². The number of nitrogens with one attached hydrogen (secondary N) is 4. The number of H-pyrrole nitrogens is 4. The fourth-order valence-electron chi connectivity index (χ4n) is 13.5. The Morgan fingerprint density at radius 2 is 0.585 bits per heavy atom. The van der Waals surface area contributed by atoms with E-state index in [1.54, 1.807) is 0 Å². The van der Waals surface area contributed by atoms with Gasteiger partial charge in [0.1, 0.15) is 0 Å². The zero-order valence-electron chi connectivity index (χ0n) is 57.5. The number of hydrogen-bond donors (Lipinski definition) is 4. The van der Waals surface area contributed by atoms with Crippen molar-refractivity contribution in [3.05, 3.63) is 237 Å².